The molecule has 100 valence electrons. The number of rotatable bonds is 4. The van der Waals surface area contributed by atoms with Crippen LogP contribution in [0, 0.1) is 27.7 Å². The molecule has 0 aliphatic heterocycles. The molecule has 0 spiro atoms. The van der Waals surface area contributed by atoms with Crippen molar-refractivity contribution >= 4 is 17.5 Å². The molecule has 0 amide bonds. The van der Waals surface area contributed by atoms with E-state index in [-0.39, 0.29) is 5.78 Å². The number of aromatic amines is 1. The molecule has 0 saturated carbocycles. The van der Waals surface area contributed by atoms with E-state index in [0.717, 1.165) is 28.3 Å². The van der Waals surface area contributed by atoms with E-state index in [0.29, 0.717) is 10.9 Å². The number of carbonyl (C=O) groups is 1. The molecule has 0 aliphatic carbocycles. The Kier molecular flexibility index (Phi) is 4.04. The first kappa shape index (κ1) is 13.8. The summed E-state index contributed by atoms with van der Waals surface area (Å²) < 4.78 is 0. The summed E-state index contributed by atoms with van der Waals surface area (Å²) in [6, 6.07) is 3.81. The Morgan fingerprint density at radius 2 is 1.79 bits per heavy atom. The molecular weight excluding hydrogens is 258 g/mol. The van der Waals surface area contributed by atoms with Gasteiger partial charge in [-0.3, -0.25) is 4.79 Å². The number of nitrogens with zero attached hydrogens (tertiary/aromatic N) is 2. The minimum absolute atomic E-state index is 0.106. The average molecular weight is 275 g/mol. The number of Topliss-reactive ketones (excluding diaryl/α,β-unsaturated/α-hetero) is 1. The molecule has 0 aromatic carbocycles. The first-order valence-electron chi connectivity index (χ1n) is 6.10. The van der Waals surface area contributed by atoms with Gasteiger partial charge in [-0.25, -0.2) is 9.97 Å². The quantitative estimate of drug-likeness (QED) is 0.529. The lowest BCUT2D eigenvalue weighted by atomic mass is 10.2. The van der Waals surface area contributed by atoms with E-state index in [1.54, 1.807) is 0 Å². The SMILES string of the molecule is Cc1cc(C)nc(SCC(=O)c2cc(C)[nH]c2C)n1. The first-order valence-corrected chi connectivity index (χ1v) is 7.09. The topological polar surface area (TPSA) is 58.6 Å². The van der Waals surface area contributed by atoms with Crippen LogP contribution in [0.25, 0.3) is 0 Å². The maximum atomic E-state index is 12.1. The third-order valence-corrected chi connectivity index (χ3v) is 3.59. The van der Waals surface area contributed by atoms with E-state index in [2.05, 4.69) is 15.0 Å². The molecule has 0 fully saturated rings. The van der Waals surface area contributed by atoms with Crippen LogP contribution < -0.4 is 0 Å². The Morgan fingerprint density at radius 3 is 2.32 bits per heavy atom. The van der Waals surface area contributed by atoms with Gasteiger partial charge < -0.3 is 4.98 Å². The summed E-state index contributed by atoms with van der Waals surface area (Å²) in [5.74, 6) is 0.468. The van der Waals surface area contributed by atoms with Crippen molar-refractivity contribution in [3.63, 3.8) is 0 Å². The summed E-state index contributed by atoms with van der Waals surface area (Å²) in [4.78, 5) is 23.9. The highest BCUT2D eigenvalue weighted by Crippen LogP contribution is 2.18. The number of hydrogen-bond acceptors (Lipinski definition) is 4. The van der Waals surface area contributed by atoms with E-state index in [1.165, 1.54) is 11.8 Å². The molecule has 4 nitrogen and oxygen atoms in total. The van der Waals surface area contributed by atoms with Gasteiger partial charge in [-0.05, 0) is 39.8 Å². The monoisotopic (exact) mass is 275 g/mol. The predicted octanol–water partition coefficient (Wildman–Crippen LogP) is 3.01. The lowest BCUT2D eigenvalue weighted by molar-refractivity contribution is 0.102. The third-order valence-electron chi connectivity index (χ3n) is 2.74. The molecule has 0 unspecified atom stereocenters. The fourth-order valence-electron chi connectivity index (χ4n) is 1.98. The number of aromatic nitrogens is 3. The van der Waals surface area contributed by atoms with Crippen LogP contribution in [0.1, 0.15) is 33.1 Å². The molecule has 5 heteroatoms. The molecular formula is C14H17N3OS. The van der Waals surface area contributed by atoms with Gasteiger partial charge in [0.2, 0.25) is 0 Å². The van der Waals surface area contributed by atoms with E-state index < -0.39 is 0 Å². The maximum absolute atomic E-state index is 12.1. The van der Waals surface area contributed by atoms with Gasteiger partial charge >= 0.3 is 0 Å². The predicted molar refractivity (Wildman–Crippen MR) is 76.8 cm³/mol. The average Bonchev–Trinajstić information content (AvgIpc) is 2.64. The van der Waals surface area contributed by atoms with Crippen molar-refractivity contribution in [3.8, 4) is 0 Å². The van der Waals surface area contributed by atoms with E-state index in [1.807, 2.05) is 39.8 Å². The molecule has 2 aromatic rings. The molecule has 0 bridgehead atoms. The van der Waals surface area contributed by atoms with Gasteiger partial charge in [0.1, 0.15) is 0 Å². The third kappa shape index (κ3) is 3.44. The lowest BCUT2D eigenvalue weighted by Crippen LogP contribution is -2.04. The lowest BCUT2D eigenvalue weighted by Gasteiger charge is -2.02. The summed E-state index contributed by atoms with van der Waals surface area (Å²) in [6.07, 6.45) is 0. The minimum Gasteiger partial charge on any atom is -0.362 e. The number of aryl methyl sites for hydroxylation is 4. The van der Waals surface area contributed by atoms with Crippen LogP contribution in [0.3, 0.4) is 0 Å². The van der Waals surface area contributed by atoms with Gasteiger partial charge in [-0.1, -0.05) is 11.8 Å². The molecule has 19 heavy (non-hydrogen) atoms. The van der Waals surface area contributed by atoms with Gasteiger partial charge in [0.25, 0.3) is 0 Å². The van der Waals surface area contributed by atoms with Gasteiger partial charge in [0, 0.05) is 28.3 Å². The second kappa shape index (κ2) is 5.57. The van der Waals surface area contributed by atoms with Crippen LogP contribution in [-0.2, 0) is 0 Å². The van der Waals surface area contributed by atoms with Gasteiger partial charge in [0.15, 0.2) is 10.9 Å². The van der Waals surface area contributed by atoms with E-state index in [4.69, 9.17) is 0 Å². The highest BCUT2D eigenvalue weighted by atomic mass is 32.2. The Bertz CT molecular complexity index is 599. The van der Waals surface area contributed by atoms with E-state index in [9.17, 15) is 4.79 Å². The van der Waals surface area contributed by atoms with E-state index >= 15 is 0 Å². The molecule has 0 aliphatic rings. The number of H-pyrrole nitrogens is 1. The van der Waals surface area contributed by atoms with Crippen molar-refractivity contribution < 1.29 is 4.79 Å². The van der Waals surface area contributed by atoms with Crippen molar-refractivity contribution in [1.29, 1.82) is 0 Å². The van der Waals surface area contributed by atoms with Crippen LogP contribution in [0.15, 0.2) is 17.3 Å². The van der Waals surface area contributed by atoms with Gasteiger partial charge in [-0.2, -0.15) is 0 Å². The second-order valence-electron chi connectivity index (χ2n) is 4.64. The molecule has 0 atom stereocenters. The minimum atomic E-state index is 0.106. The van der Waals surface area contributed by atoms with Crippen LogP contribution in [0.4, 0.5) is 0 Å². The Labute approximate surface area is 117 Å². The fraction of sp³-hybridized carbons (Fsp3) is 0.357. The van der Waals surface area contributed by atoms with Crippen LogP contribution >= 0.6 is 11.8 Å². The normalized spacial score (nSPS) is 10.7. The van der Waals surface area contributed by atoms with Crippen molar-refractivity contribution in [3.05, 3.63) is 40.5 Å². The first-order chi connectivity index (χ1) is 8.95. The number of nitrogens with one attached hydrogen (secondary N) is 1. The van der Waals surface area contributed by atoms with Crippen molar-refractivity contribution in [2.24, 2.45) is 0 Å². The summed E-state index contributed by atoms with van der Waals surface area (Å²) >= 11 is 1.38. The van der Waals surface area contributed by atoms with Crippen LogP contribution in [-0.4, -0.2) is 26.5 Å². The molecule has 2 aromatic heterocycles. The van der Waals surface area contributed by atoms with Crippen molar-refractivity contribution in [1.82, 2.24) is 15.0 Å². The smallest absolute Gasteiger partial charge is 0.188 e. The Balaban J connectivity index is 2.06. The molecule has 0 radical (unpaired) electrons. The van der Waals surface area contributed by atoms with Crippen molar-refractivity contribution in [2.45, 2.75) is 32.9 Å². The fourth-order valence-corrected chi connectivity index (χ4v) is 2.81. The van der Waals surface area contributed by atoms with Crippen LogP contribution in [0.5, 0.6) is 0 Å². The summed E-state index contributed by atoms with van der Waals surface area (Å²) in [5, 5.41) is 0.663. The molecule has 0 saturated heterocycles. The zero-order chi connectivity index (χ0) is 14.0. The van der Waals surface area contributed by atoms with Crippen molar-refractivity contribution in [2.75, 3.05) is 5.75 Å². The largest absolute Gasteiger partial charge is 0.362 e. The Hall–Kier alpha value is -1.62. The highest BCUT2D eigenvalue weighted by molar-refractivity contribution is 7.99. The molecule has 2 heterocycles. The zero-order valence-electron chi connectivity index (χ0n) is 11.6. The second-order valence-corrected chi connectivity index (χ2v) is 5.58. The van der Waals surface area contributed by atoms with Gasteiger partial charge in [0.05, 0.1) is 5.75 Å². The highest BCUT2D eigenvalue weighted by Gasteiger charge is 2.13. The maximum Gasteiger partial charge on any atom is 0.188 e. The summed E-state index contributed by atoms with van der Waals surface area (Å²) in [5.41, 5.74) is 4.54. The Morgan fingerprint density at radius 1 is 1.16 bits per heavy atom. The zero-order valence-corrected chi connectivity index (χ0v) is 12.4. The molecule has 1 N–H and O–H groups in total. The number of carbonyl (C=O) groups excluding carboxylic acids is 1. The summed E-state index contributed by atoms with van der Waals surface area (Å²) in [6.45, 7) is 7.72. The van der Waals surface area contributed by atoms with Gasteiger partial charge in [-0.15, -0.1) is 0 Å². The summed E-state index contributed by atoms with van der Waals surface area (Å²) in [7, 11) is 0. The number of hydrogen-bond donors (Lipinski definition) is 1. The standard InChI is InChI=1S/C14H17N3OS/c1-8-5-9(2)17-14(16-8)19-7-13(18)12-6-10(3)15-11(12)4/h5-6,15H,7H2,1-4H3. The van der Waals surface area contributed by atoms with Crippen LogP contribution in [0.2, 0.25) is 0 Å². The molecule has 2 rings (SSSR count). The number of ketones is 1. The number of thioether (sulfide) groups is 1.